The monoisotopic (exact) mass is 329 g/mol. The standard InChI is InChI=1S/C16H12ClN3OS/c17-13-9-5-4-8-12(13)10-18-20-16-19-15(21)14(22-16)11-6-2-1-3-7-11/h1-10,14H,(H,19,20,21)/b18-10+/t14-/m0/s1. The number of hydrogen-bond acceptors (Lipinski definition) is 4. The minimum Gasteiger partial charge on any atom is -0.302 e. The van der Waals surface area contributed by atoms with Gasteiger partial charge in [-0.2, -0.15) is 5.10 Å². The maximum Gasteiger partial charge on any atom is 0.244 e. The predicted octanol–water partition coefficient (Wildman–Crippen LogP) is 3.63. The maximum absolute atomic E-state index is 12.0. The van der Waals surface area contributed by atoms with Gasteiger partial charge in [-0.1, -0.05) is 71.9 Å². The van der Waals surface area contributed by atoms with E-state index in [4.69, 9.17) is 11.6 Å². The van der Waals surface area contributed by atoms with Crippen molar-refractivity contribution in [3.63, 3.8) is 0 Å². The molecule has 4 nitrogen and oxygen atoms in total. The van der Waals surface area contributed by atoms with Crippen LogP contribution in [-0.4, -0.2) is 17.3 Å². The molecule has 1 aliphatic rings. The lowest BCUT2D eigenvalue weighted by atomic mass is 10.1. The van der Waals surface area contributed by atoms with E-state index in [2.05, 4.69) is 15.5 Å². The van der Waals surface area contributed by atoms with Crippen LogP contribution in [0.1, 0.15) is 16.4 Å². The van der Waals surface area contributed by atoms with Gasteiger partial charge in [-0.15, -0.1) is 5.10 Å². The van der Waals surface area contributed by atoms with Gasteiger partial charge in [0.05, 0.1) is 6.21 Å². The van der Waals surface area contributed by atoms with Gasteiger partial charge in [0.25, 0.3) is 0 Å². The first kappa shape index (κ1) is 14.8. The van der Waals surface area contributed by atoms with Crippen LogP contribution < -0.4 is 5.32 Å². The average Bonchev–Trinajstić information content (AvgIpc) is 2.91. The molecule has 0 unspecified atom stereocenters. The highest BCUT2D eigenvalue weighted by atomic mass is 35.5. The van der Waals surface area contributed by atoms with E-state index in [1.807, 2.05) is 48.5 Å². The third-order valence-electron chi connectivity index (χ3n) is 3.05. The summed E-state index contributed by atoms with van der Waals surface area (Å²) < 4.78 is 0. The number of rotatable bonds is 3. The Hall–Kier alpha value is -2.11. The van der Waals surface area contributed by atoms with Crippen molar-refractivity contribution < 1.29 is 4.79 Å². The van der Waals surface area contributed by atoms with Gasteiger partial charge < -0.3 is 5.32 Å². The normalized spacial score (nSPS) is 19.8. The van der Waals surface area contributed by atoms with Gasteiger partial charge in [0.1, 0.15) is 5.25 Å². The Kier molecular flexibility index (Phi) is 4.56. The summed E-state index contributed by atoms with van der Waals surface area (Å²) in [6, 6.07) is 16.9. The number of carbonyl (C=O) groups excluding carboxylic acids is 1. The molecule has 0 radical (unpaired) electrons. The number of benzene rings is 2. The van der Waals surface area contributed by atoms with Crippen LogP contribution in [0.5, 0.6) is 0 Å². The number of amidine groups is 1. The fraction of sp³-hybridized carbons (Fsp3) is 0.0625. The van der Waals surface area contributed by atoms with Gasteiger partial charge in [-0.05, 0) is 11.6 Å². The predicted molar refractivity (Wildman–Crippen MR) is 91.4 cm³/mol. The molecule has 1 amide bonds. The van der Waals surface area contributed by atoms with Crippen molar-refractivity contribution in [2.24, 2.45) is 10.2 Å². The topological polar surface area (TPSA) is 53.8 Å². The zero-order valence-electron chi connectivity index (χ0n) is 11.4. The summed E-state index contributed by atoms with van der Waals surface area (Å²) in [5.41, 5.74) is 1.73. The first-order chi connectivity index (χ1) is 10.7. The van der Waals surface area contributed by atoms with E-state index in [9.17, 15) is 4.79 Å². The minimum absolute atomic E-state index is 0.0807. The number of hydrogen-bond donors (Lipinski definition) is 1. The van der Waals surface area contributed by atoms with Crippen LogP contribution in [0.4, 0.5) is 0 Å². The Balaban J connectivity index is 1.72. The number of amides is 1. The second-order valence-electron chi connectivity index (χ2n) is 4.57. The van der Waals surface area contributed by atoms with Crippen LogP contribution in [0, 0.1) is 0 Å². The fourth-order valence-electron chi connectivity index (χ4n) is 1.98. The highest BCUT2D eigenvalue weighted by Crippen LogP contribution is 2.34. The highest BCUT2D eigenvalue weighted by molar-refractivity contribution is 8.15. The summed E-state index contributed by atoms with van der Waals surface area (Å²) in [5.74, 6) is -0.0807. The van der Waals surface area contributed by atoms with Gasteiger partial charge in [0.2, 0.25) is 5.91 Å². The van der Waals surface area contributed by atoms with Gasteiger partial charge in [-0.25, -0.2) is 0 Å². The van der Waals surface area contributed by atoms with Crippen molar-refractivity contribution in [1.82, 2.24) is 5.32 Å². The second kappa shape index (κ2) is 6.77. The molecule has 0 aromatic heterocycles. The molecule has 3 rings (SSSR count). The summed E-state index contributed by atoms with van der Waals surface area (Å²) in [6.45, 7) is 0. The van der Waals surface area contributed by atoms with E-state index >= 15 is 0 Å². The lowest BCUT2D eigenvalue weighted by molar-refractivity contribution is -0.118. The van der Waals surface area contributed by atoms with Gasteiger partial charge >= 0.3 is 0 Å². The van der Waals surface area contributed by atoms with E-state index in [1.54, 1.807) is 12.3 Å². The number of nitrogens with zero attached hydrogens (tertiary/aromatic N) is 2. The van der Waals surface area contributed by atoms with Crippen molar-refractivity contribution in [3.8, 4) is 0 Å². The van der Waals surface area contributed by atoms with E-state index in [0.29, 0.717) is 10.2 Å². The third-order valence-corrected chi connectivity index (χ3v) is 4.52. The second-order valence-corrected chi connectivity index (χ2v) is 6.07. The Labute approximate surface area is 137 Å². The molecule has 0 bridgehead atoms. The molecular formula is C16H12ClN3OS. The third kappa shape index (κ3) is 3.37. The molecule has 1 atom stereocenters. The van der Waals surface area contributed by atoms with E-state index in [0.717, 1.165) is 11.1 Å². The van der Waals surface area contributed by atoms with Crippen LogP contribution in [0.3, 0.4) is 0 Å². The number of nitrogens with one attached hydrogen (secondary N) is 1. The van der Waals surface area contributed by atoms with Crippen LogP contribution in [-0.2, 0) is 4.79 Å². The Morgan fingerprint density at radius 1 is 1.09 bits per heavy atom. The molecule has 1 saturated heterocycles. The molecule has 6 heteroatoms. The van der Waals surface area contributed by atoms with E-state index in [-0.39, 0.29) is 11.2 Å². The summed E-state index contributed by atoms with van der Waals surface area (Å²) in [7, 11) is 0. The van der Waals surface area contributed by atoms with Crippen molar-refractivity contribution in [2.45, 2.75) is 5.25 Å². The molecule has 1 aliphatic heterocycles. The lowest BCUT2D eigenvalue weighted by Crippen LogP contribution is -2.21. The minimum atomic E-state index is -0.282. The lowest BCUT2D eigenvalue weighted by Gasteiger charge is -2.03. The number of thioether (sulfide) groups is 1. The Bertz CT molecular complexity index is 746. The molecule has 0 spiro atoms. The van der Waals surface area contributed by atoms with Gasteiger partial charge in [0, 0.05) is 10.6 Å². The van der Waals surface area contributed by atoms with Crippen LogP contribution in [0.15, 0.2) is 64.8 Å². The SMILES string of the molecule is O=C1N/C(=N/N=C/c2ccccc2Cl)S[C@H]1c1ccccc1. The van der Waals surface area contributed by atoms with Crippen molar-refractivity contribution in [3.05, 3.63) is 70.7 Å². The first-order valence-corrected chi connectivity index (χ1v) is 7.88. The van der Waals surface area contributed by atoms with Crippen molar-refractivity contribution >= 4 is 40.7 Å². The summed E-state index contributed by atoms with van der Waals surface area (Å²) >= 11 is 7.39. The van der Waals surface area contributed by atoms with Crippen LogP contribution >= 0.6 is 23.4 Å². The molecular weight excluding hydrogens is 318 g/mol. The largest absolute Gasteiger partial charge is 0.302 e. The molecule has 0 aliphatic carbocycles. The quantitative estimate of drug-likeness (QED) is 0.690. The molecule has 0 saturated carbocycles. The molecule has 1 N–H and O–H groups in total. The summed E-state index contributed by atoms with van der Waals surface area (Å²) in [4.78, 5) is 12.0. The number of halogens is 1. The average molecular weight is 330 g/mol. The maximum atomic E-state index is 12.0. The Morgan fingerprint density at radius 3 is 2.59 bits per heavy atom. The Morgan fingerprint density at radius 2 is 1.82 bits per heavy atom. The van der Waals surface area contributed by atoms with Gasteiger partial charge in [0.15, 0.2) is 5.17 Å². The molecule has 2 aromatic rings. The van der Waals surface area contributed by atoms with Crippen LogP contribution in [0.25, 0.3) is 0 Å². The highest BCUT2D eigenvalue weighted by Gasteiger charge is 2.31. The van der Waals surface area contributed by atoms with Gasteiger partial charge in [-0.3, -0.25) is 4.79 Å². The van der Waals surface area contributed by atoms with E-state index < -0.39 is 0 Å². The fourth-order valence-corrected chi connectivity index (χ4v) is 3.11. The smallest absolute Gasteiger partial charge is 0.244 e. The molecule has 1 heterocycles. The summed E-state index contributed by atoms with van der Waals surface area (Å²) in [6.07, 6.45) is 1.57. The zero-order valence-corrected chi connectivity index (χ0v) is 13.0. The summed E-state index contributed by atoms with van der Waals surface area (Å²) in [5, 5.41) is 11.6. The van der Waals surface area contributed by atoms with Crippen molar-refractivity contribution in [1.29, 1.82) is 0 Å². The molecule has 22 heavy (non-hydrogen) atoms. The van der Waals surface area contributed by atoms with E-state index in [1.165, 1.54) is 11.8 Å². The molecule has 2 aromatic carbocycles. The molecule has 1 fully saturated rings. The first-order valence-electron chi connectivity index (χ1n) is 6.62. The molecule has 110 valence electrons. The van der Waals surface area contributed by atoms with Crippen molar-refractivity contribution in [2.75, 3.05) is 0 Å². The van der Waals surface area contributed by atoms with Crippen LogP contribution in [0.2, 0.25) is 5.02 Å². The zero-order chi connectivity index (χ0) is 15.4. The number of carbonyl (C=O) groups is 1.